The van der Waals surface area contributed by atoms with Crippen LogP contribution >= 0.6 is 0 Å². The van der Waals surface area contributed by atoms with E-state index < -0.39 is 0 Å². The zero-order chi connectivity index (χ0) is 26.6. The van der Waals surface area contributed by atoms with Crippen molar-refractivity contribution in [3.63, 3.8) is 0 Å². The summed E-state index contributed by atoms with van der Waals surface area (Å²) < 4.78 is 7.80. The van der Waals surface area contributed by atoms with Crippen LogP contribution < -0.4 is 25.6 Å². The van der Waals surface area contributed by atoms with Gasteiger partial charge in [-0.1, -0.05) is 12.6 Å². The maximum absolute atomic E-state index is 12.3. The van der Waals surface area contributed by atoms with Crippen molar-refractivity contribution in [3.05, 3.63) is 67.5 Å². The molecular formula is C28H32N8O2. The highest BCUT2D eigenvalue weighted by atomic mass is 16.5. The number of nitrogens with one attached hydrogen (secondary N) is 3. The predicted octanol–water partition coefficient (Wildman–Crippen LogP) is 4.34. The van der Waals surface area contributed by atoms with Crippen molar-refractivity contribution >= 4 is 51.3 Å². The van der Waals surface area contributed by atoms with Crippen molar-refractivity contribution in [1.82, 2.24) is 19.4 Å². The van der Waals surface area contributed by atoms with Gasteiger partial charge in [-0.3, -0.25) is 4.79 Å². The lowest BCUT2D eigenvalue weighted by Crippen LogP contribution is -2.44. The van der Waals surface area contributed by atoms with E-state index in [0.717, 1.165) is 43.1 Å². The molecule has 4 aromatic rings. The first-order valence-electron chi connectivity index (χ1n) is 12.4. The first-order chi connectivity index (χ1) is 18.4. The average molecular weight is 513 g/mol. The summed E-state index contributed by atoms with van der Waals surface area (Å²) in [6.07, 6.45) is 4.98. The lowest BCUT2D eigenvalue weighted by atomic mass is 10.1. The normalized spacial score (nSPS) is 13.8. The zero-order valence-corrected chi connectivity index (χ0v) is 21.9. The third kappa shape index (κ3) is 5.40. The summed E-state index contributed by atoms with van der Waals surface area (Å²) in [5.41, 5.74) is 4.23. The summed E-state index contributed by atoms with van der Waals surface area (Å²) in [5.74, 6) is 1.37. The summed E-state index contributed by atoms with van der Waals surface area (Å²) in [6, 6.07) is 13.9. The fourth-order valence-electron chi connectivity index (χ4n) is 4.53. The van der Waals surface area contributed by atoms with Gasteiger partial charge in [-0.15, -0.1) is 0 Å². The Bertz CT molecular complexity index is 1470. The van der Waals surface area contributed by atoms with E-state index in [-0.39, 0.29) is 5.91 Å². The molecule has 38 heavy (non-hydrogen) atoms. The number of amides is 1. The van der Waals surface area contributed by atoms with Crippen LogP contribution in [0.25, 0.3) is 10.9 Å². The van der Waals surface area contributed by atoms with Crippen LogP contribution in [0, 0.1) is 0 Å². The van der Waals surface area contributed by atoms with E-state index in [4.69, 9.17) is 4.74 Å². The molecule has 0 saturated carbocycles. The Balaban J connectivity index is 1.42. The highest BCUT2D eigenvalue weighted by Crippen LogP contribution is 2.38. The first kappa shape index (κ1) is 25.1. The van der Waals surface area contributed by atoms with E-state index in [1.165, 1.54) is 11.5 Å². The number of rotatable bonds is 8. The number of anilines is 6. The number of hydrogen-bond donors (Lipinski definition) is 3. The Kier molecular flexibility index (Phi) is 7.14. The monoisotopic (exact) mass is 512 g/mol. The molecule has 1 aliphatic heterocycles. The van der Waals surface area contributed by atoms with Gasteiger partial charge in [0.1, 0.15) is 11.6 Å². The van der Waals surface area contributed by atoms with Gasteiger partial charge in [0.15, 0.2) is 0 Å². The number of nitrogens with zero attached hydrogens (tertiary/aromatic N) is 5. The molecule has 10 nitrogen and oxygen atoms in total. The van der Waals surface area contributed by atoms with Gasteiger partial charge in [0.2, 0.25) is 11.9 Å². The molecule has 1 aliphatic rings. The highest BCUT2D eigenvalue weighted by Gasteiger charge is 2.21. The summed E-state index contributed by atoms with van der Waals surface area (Å²) in [6.45, 7) is 7.14. The molecule has 0 unspecified atom stereocenters. The number of piperazine rings is 1. The van der Waals surface area contributed by atoms with E-state index in [1.54, 1.807) is 13.3 Å². The highest BCUT2D eigenvalue weighted by molar-refractivity contribution is 6.02. The predicted molar refractivity (Wildman–Crippen MR) is 153 cm³/mol. The molecule has 10 heteroatoms. The van der Waals surface area contributed by atoms with Gasteiger partial charge in [-0.2, -0.15) is 4.98 Å². The van der Waals surface area contributed by atoms with Crippen molar-refractivity contribution in [2.45, 2.75) is 0 Å². The number of methoxy groups -OCH3 is 1. The molecule has 2 aromatic carbocycles. The Morgan fingerprint density at radius 1 is 1.03 bits per heavy atom. The quantitative estimate of drug-likeness (QED) is 0.300. The summed E-state index contributed by atoms with van der Waals surface area (Å²) in [4.78, 5) is 25.8. The van der Waals surface area contributed by atoms with Crippen molar-refractivity contribution in [2.24, 2.45) is 7.05 Å². The topological polar surface area (TPSA) is 99.6 Å². The number of aromatic nitrogens is 3. The standard InChI is InChI=1S/C28H32N8O2/c1-5-27(37)31-21-17-22(25(38-4)18-24(21)36-14-12-34(2)13-15-36)32-28-29-10-8-26(33-28)30-20-7-6-19-9-11-35(3)23(19)16-20/h5-11,16-18H,1,12-15H2,2-4H3,(H,31,37)(H2,29,30,32,33). The van der Waals surface area contributed by atoms with Crippen molar-refractivity contribution in [1.29, 1.82) is 0 Å². The minimum Gasteiger partial charge on any atom is -0.494 e. The minimum atomic E-state index is -0.283. The lowest BCUT2D eigenvalue weighted by molar-refractivity contribution is -0.111. The average Bonchev–Trinajstić information content (AvgIpc) is 3.29. The zero-order valence-electron chi connectivity index (χ0n) is 21.9. The molecule has 0 spiro atoms. The number of hydrogen-bond acceptors (Lipinski definition) is 8. The molecule has 0 atom stereocenters. The fraction of sp³-hybridized carbons (Fsp3) is 0.250. The van der Waals surface area contributed by atoms with E-state index >= 15 is 0 Å². The van der Waals surface area contributed by atoms with Gasteiger partial charge in [0, 0.05) is 62.9 Å². The van der Waals surface area contributed by atoms with Crippen LogP contribution in [0.1, 0.15) is 0 Å². The molecule has 1 saturated heterocycles. The van der Waals surface area contributed by atoms with Crippen LogP contribution in [0.5, 0.6) is 5.75 Å². The number of ether oxygens (including phenoxy) is 1. The van der Waals surface area contributed by atoms with Crippen LogP contribution in [-0.2, 0) is 11.8 Å². The van der Waals surface area contributed by atoms with E-state index in [0.29, 0.717) is 28.9 Å². The third-order valence-electron chi connectivity index (χ3n) is 6.67. The molecule has 0 radical (unpaired) electrons. The van der Waals surface area contributed by atoms with E-state index in [2.05, 4.69) is 72.1 Å². The van der Waals surface area contributed by atoms with Gasteiger partial charge >= 0.3 is 0 Å². The van der Waals surface area contributed by atoms with Gasteiger partial charge in [0.05, 0.1) is 24.2 Å². The Labute approximate surface area is 221 Å². The van der Waals surface area contributed by atoms with E-state index in [9.17, 15) is 4.79 Å². The molecule has 0 aliphatic carbocycles. The number of carbonyl (C=O) groups excluding carboxylic acids is 1. The Morgan fingerprint density at radius 3 is 2.61 bits per heavy atom. The molecule has 1 amide bonds. The summed E-state index contributed by atoms with van der Waals surface area (Å²) in [5, 5.41) is 10.7. The summed E-state index contributed by atoms with van der Waals surface area (Å²) >= 11 is 0. The number of likely N-dealkylation sites (N-methyl/N-ethyl adjacent to an activating group) is 1. The van der Waals surface area contributed by atoms with E-state index in [1.807, 2.05) is 37.5 Å². The number of benzene rings is 2. The first-order valence-corrected chi connectivity index (χ1v) is 12.4. The molecule has 3 N–H and O–H groups in total. The van der Waals surface area contributed by atoms with Crippen molar-refractivity contribution < 1.29 is 9.53 Å². The number of carbonyl (C=O) groups is 1. The summed E-state index contributed by atoms with van der Waals surface area (Å²) in [7, 11) is 5.75. The van der Waals surface area contributed by atoms with Crippen molar-refractivity contribution in [2.75, 3.05) is 61.2 Å². The Hall–Kier alpha value is -4.57. The molecule has 5 rings (SSSR count). The lowest BCUT2D eigenvalue weighted by Gasteiger charge is -2.35. The number of aryl methyl sites for hydroxylation is 1. The van der Waals surface area contributed by atoms with Crippen LogP contribution in [0.3, 0.4) is 0 Å². The Morgan fingerprint density at radius 2 is 1.84 bits per heavy atom. The molecule has 3 heterocycles. The number of fused-ring (bicyclic) bond motifs is 1. The minimum absolute atomic E-state index is 0.283. The second kappa shape index (κ2) is 10.8. The van der Waals surface area contributed by atoms with Gasteiger partial charge in [-0.25, -0.2) is 4.98 Å². The van der Waals surface area contributed by atoms with Gasteiger partial charge < -0.3 is 35.1 Å². The van der Waals surface area contributed by atoms with Crippen LogP contribution in [0.4, 0.5) is 34.5 Å². The maximum Gasteiger partial charge on any atom is 0.247 e. The second-order valence-corrected chi connectivity index (χ2v) is 9.27. The second-order valence-electron chi connectivity index (χ2n) is 9.27. The molecule has 0 bridgehead atoms. The molecule has 2 aromatic heterocycles. The SMILES string of the molecule is C=CC(=O)Nc1cc(Nc2nccc(Nc3ccc4ccn(C)c4c3)n2)c(OC)cc1N1CCN(C)CC1. The van der Waals surface area contributed by atoms with Crippen LogP contribution in [0.2, 0.25) is 0 Å². The van der Waals surface area contributed by atoms with Gasteiger partial charge in [0.25, 0.3) is 0 Å². The molecular weight excluding hydrogens is 480 g/mol. The fourth-order valence-corrected chi connectivity index (χ4v) is 4.53. The van der Waals surface area contributed by atoms with Gasteiger partial charge in [-0.05, 0) is 48.8 Å². The molecule has 1 fully saturated rings. The molecule has 196 valence electrons. The van der Waals surface area contributed by atoms with Crippen LogP contribution in [0.15, 0.2) is 67.5 Å². The third-order valence-corrected chi connectivity index (χ3v) is 6.67. The van der Waals surface area contributed by atoms with Crippen molar-refractivity contribution in [3.8, 4) is 5.75 Å². The maximum atomic E-state index is 12.3. The smallest absolute Gasteiger partial charge is 0.247 e. The largest absolute Gasteiger partial charge is 0.494 e. The van der Waals surface area contributed by atoms with Crippen LogP contribution in [-0.4, -0.2) is 65.7 Å².